The van der Waals surface area contributed by atoms with Crippen LogP contribution in [0.25, 0.3) is 0 Å². The Hall–Kier alpha value is -0.500. The number of likely N-dealkylation sites (N-methyl/N-ethyl adjacent to an activating group) is 1. The summed E-state index contributed by atoms with van der Waals surface area (Å²) in [5.74, 6) is 1.78. The van der Waals surface area contributed by atoms with Gasteiger partial charge in [-0.05, 0) is 49.6 Å². The molecular formula is C16H29NO. The molecule has 2 nitrogen and oxygen atoms in total. The molecule has 2 aliphatic rings. The zero-order valence-electron chi connectivity index (χ0n) is 12.1. The van der Waals surface area contributed by atoms with Crippen LogP contribution >= 0.6 is 0 Å². The molecule has 2 heteroatoms. The van der Waals surface area contributed by atoms with Gasteiger partial charge in [-0.15, -0.1) is 0 Å². The predicted molar refractivity (Wildman–Crippen MR) is 76.5 cm³/mol. The molecular weight excluding hydrogens is 222 g/mol. The molecule has 104 valence electrons. The van der Waals surface area contributed by atoms with Gasteiger partial charge in [0.1, 0.15) is 0 Å². The van der Waals surface area contributed by atoms with Gasteiger partial charge >= 0.3 is 0 Å². The van der Waals surface area contributed by atoms with Crippen LogP contribution in [0.3, 0.4) is 0 Å². The summed E-state index contributed by atoms with van der Waals surface area (Å²) in [5.41, 5.74) is 1.52. The lowest BCUT2D eigenvalue weighted by Crippen LogP contribution is -2.40. The van der Waals surface area contributed by atoms with Crippen LogP contribution in [-0.2, 0) is 4.74 Å². The van der Waals surface area contributed by atoms with Crippen molar-refractivity contribution in [3.05, 3.63) is 11.8 Å². The minimum absolute atomic E-state index is 0.574. The molecule has 0 saturated heterocycles. The Kier molecular flexibility index (Phi) is 5.55. The van der Waals surface area contributed by atoms with Gasteiger partial charge in [0.05, 0.1) is 12.9 Å². The zero-order chi connectivity index (χ0) is 12.8. The third-order valence-corrected chi connectivity index (χ3v) is 4.66. The molecule has 1 aliphatic heterocycles. The summed E-state index contributed by atoms with van der Waals surface area (Å²) in [5, 5.41) is 3.72. The standard InChI is InChI=1S/C16H29NO/c1-3-13-7-5-8-14(11-13)16(17-4-2)15-9-6-10-18-12-15/h12-14,16-17H,3-11H2,1-2H3. The first kappa shape index (κ1) is 13.9. The maximum atomic E-state index is 5.55. The van der Waals surface area contributed by atoms with Crippen LogP contribution in [0.2, 0.25) is 0 Å². The Morgan fingerprint density at radius 3 is 2.89 bits per heavy atom. The zero-order valence-corrected chi connectivity index (χ0v) is 12.1. The highest BCUT2D eigenvalue weighted by molar-refractivity contribution is 5.12. The highest BCUT2D eigenvalue weighted by Gasteiger charge is 2.30. The average molecular weight is 251 g/mol. The second-order valence-corrected chi connectivity index (χ2v) is 5.90. The van der Waals surface area contributed by atoms with E-state index in [1.807, 2.05) is 6.26 Å². The first-order chi connectivity index (χ1) is 8.85. The van der Waals surface area contributed by atoms with E-state index < -0.39 is 0 Å². The quantitative estimate of drug-likeness (QED) is 0.800. The van der Waals surface area contributed by atoms with Gasteiger partial charge in [-0.2, -0.15) is 0 Å². The lowest BCUT2D eigenvalue weighted by atomic mass is 9.74. The van der Waals surface area contributed by atoms with E-state index in [4.69, 9.17) is 4.74 Å². The summed E-state index contributed by atoms with van der Waals surface area (Å²) < 4.78 is 5.55. The van der Waals surface area contributed by atoms with Crippen molar-refractivity contribution >= 4 is 0 Å². The molecule has 0 aromatic carbocycles. The topological polar surface area (TPSA) is 21.3 Å². The van der Waals surface area contributed by atoms with Crippen molar-refractivity contribution in [1.29, 1.82) is 0 Å². The lowest BCUT2D eigenvalue weighted by molar-refractivity contribution is 0.192. The molecule has 1 fully saturated rings. The number of rotatable bonds is 5. The largest absolute Gasteiger partial charge is 0.501 e. The van der Waals surface area contributed by atoms with E-state index in [1.165, 1.54) is 50.5 Å². The lowest BCUT2D eigenvalue weighted by Gasteiger charge is -2.36. The van der Waals surface area contributed by atoms with Crippen LogP contribution in [0.4, 0.5) is 0 Å². The molecule has 0 bridgehead atoms. The summed E-state index contributed by atoms with van der Waals surface area (Å²) in [7, 11) is 0. The molecule has 0 spiro atoms. The Balaban J connectivity index is 2.01. The van der Waals surface area contributed by atoms with Crippen LogP contribution < -0.4 is 5.32 Å². The molecule has 1 saturated carbocycles. The van der Waals surface area contributed by atoms with E-state index in [0.717, 1.165) is 25.0 Å². The van der Waals surface area contributed by atoms with Crippen molar-refractivity contribution in [2.45, 2.75) is 64.8 Å². The fraction of sp³-hybridized carbons (Fsp3) is 0.875. The van der Waals surface area contributed by atoms with Crippen molar-refractivity contribution in [3.63, 3.8) is 0 Å². The van der Waals surface area contributed by atoms with E-state index >= 15 is 0 Å². The summed E-state index contributed by atoms with van der Waals surface area (Å²) >= 11 is 0. The third kappa shape index (κ3) is 3.50. The molecule has 0 aromatic heterocycles. The maximum absolute atomic E-state index is 5.55. The Morgan fingerprint density at radius 1 is 1.33 bits per heavy atom. The number of hydrogen-bond acceptors (Lipinski definition) is 2. The normalized spacial score (nSPS) is 30.4. The van der Waals surface area contributed by atoms with Crippen molar-refractivity contribution in [1.82, 2.24) is 5.32 Å². The number of hydrogen-bond donors (Lipinski definition) is 1. The highest BCUT2D eigenvalue weighted by atomic mass is 16.5. The van der Waals surface area contributed by atoms with Gasteiger partial charge < -0.3 is 10.1 Å². The van der Waals surface area contributed by atoms with Gasteiger partial charge in [-0.3, -0.25) is 0 Å². The first-order valence-electron chi connectivity index (χ1n) is 7.89. The van der Waals surface area contributed by atoms with E-state index in [2.05, 4.69) is 19.2 Å². The summed E-state index contributed by atoms with van der Waals surface area (Å²) in [6.07, 6.45) is 11.5. The molecule has 1 N–H and O–H groups in total. The van der Waals surface area contributed by atoms with Gasteiger partial charge in [0.2, 0.25) is 0 Å². The summed E-state index contributed by atoms with van der Waals surface area (Å²) in [6, 6.07) is 0.574. The molecule has 2 rings (SSSR count). The molecule has 0 aromatic rings. The molecule has 3 atom stereocenters. The molecule has 1 aliphatic carbocycles. The van der Waals surface area contributed by atoms with Crippen molar-refractivity contribution in [2.24, 2.45) is 11.8 Å². The van der Waals surface area contributed by atoms with Crippen molar-refractivity contribution in [3.8, 4) is 0 Å². The second kappa shape index (κ2) is 7.18. The fourth-order valence-electron chi connectivity index (χ4n) is 3.64. The van der Waals surface area contributed by atoms with Crippen molar-refractivity contribution in [2.75, 3.05) is 13.2 Å². The van der Waals surface area contributed by atoms with Crippen molar-refractivity contribution < 1.29 is 4.74 Å². The summed E-state index contributed by atoms with van der Waals surface area (Å²) in [6.45, 7) is 6.54. The molecule has 0 radical (unpaired) electrons. The van der Waals surface area contributed by atoms with Crippen LogP contribution in [0.5, 0.6) is 0 Å². The Labute approximate surface area is 112 Å². The van der Waals surface area contributed by atoms with Gasteiger partial charge in [-0.25, -0.2) is 0 Å². The molecule has 0 amide bonds. The number of ether oxygens (including phenoxy) is 1. The average Bonchev–Trinajstić information content (AvgIpc) is 2.46. The fourth-order valence-corrected chi connectivity index (χ4v) is 3.64. The van der Waals surface area contributed by atoms with Crippen LogP contribution in [0.1, 0.15) is 58.8 Å². The Morgan fingerprint density at radius 2 is 2.22 bits per heavy atom. The second-order valence-electron chi connectivity index (χ2n) is 5.90. The van der Waals surface area contributed by atoms with Gasteiger partial charge in [-0.1, -0.05) is 33.1 Å². The van der Waals surface area contributed by atoms with Crippen LogP contribution in [0, 0.1) is 11.8 Å². The molecule has 3 unspecified atom stereocenters. The van der Waals surface area contributed by atoms with E-state index in [0.29, 0.717) is 6.04 Å². The van der Waals surface area contributed by atoms with E-state index in [1.54, 1.807) is 0 Å². The monoisotopic (exact) mass is 251 g/mol. The van der Waals surface area contributed by atoms with Gasteiger partial charge in [0.25, 0.3) is 0 Å². The smallest absolute Gasteiger partial charge is 0.0876 e. The van der Waals surface area contributed by atoms with Crippen LogP contribution in [0.15, 0.2) is 11.8 Å². The van der Waals surface area contributed by atoms with Gasteiger partial charge in [0, 0.05) is 6.04 Å². The molecule has 1 heterocycles. The van der Waals surface area contributed by atoms with E-state index in [-0.39, 0.29) is 0 Å². The summed E-state index contributed by atoms with van der Waals surface area (Å²) in [4.78, 5) is 0. The highest BCUT2D eigenvalue weighted by Crippen LogP contribution is 2.36. The molecule has 18 heavy (non-hydrogen) atoms. The minimum atomic E-state index is 0.574. The first-order valence-corrected chi connectivity index (χ1v) is 7.89. The SMILES string of the molecule is CCNC(C1=COCCC1)C1CCCC(CC)C1. The van der Waals surface area contributed by atoms with E-state index in [9.17, 15) is 0 Å². The maximum Gasteiger partial charge on any atom is 0.0876 e. The predicted octanol–water partition coefficient (Wildman–Crippen LogP) is 3.88. The van der Waals surface area contributed by atoms with Crippen LogP contribution in [-0.4, -0.2) is 19.2 Å². The minimum Gasteiger partial charge on any atom is -0.501 e. The Bertz CT molecular complexity index is 274. The number of nitrogens with one attached hydrogen (secondary N) is 1. The van der Waals surface area contributed by atoms with Gasteiger partial charge in [0.15, 0.2) is 0 Å². The third-order valence-electron chi connectivity index (χ3n) is 4.66.